The summed E-state index contributed by atoms with van der Waals surface area (Å²) in [5.74, 6) is 0.400. The van der Waals surface area contributed by atoms with E-state index in [1.807, 2.05) is 0 Å². The molecule has 0 unspecified atom stereocenters. The van der Waals surface area contributed by atoms with Gasteiger partial charge in [0.15, 0.2) is 0 Å². The molecule has 0 spiro atoms. The molecule has 1 aliphatic heterocycles. The molecule has 1 saturated heterocycles. The number of hydrogen-bond donors (Lipinski definition) is 2. The third-order valence-electron chi connectivity index (χ3n) is 3.61. The number of aryl methyl sites for hydroxylation is 1. The molecule has 3 nitrogen and oxygen atoms in total. The predicted octanol–water partition coefficient (Wildman–Crippen LogP) is 1.86. The molecule has 98 valence electrons. The van der Waals surface area contributed by atoms with Gasteiger partial charge in [-0.1, -0.05) is 31.2 Å². The third-order valence-corrected chi connectivity index (χ3v) is 3.61. The number of nitrogens with one attached hydrogen (secondary N) is 2. The van der Waals surface area contributed by atoms with Gasteiger partial charge in [-0.05, 0) is 43.5 Å². The number of benzene rings is 1. The highest BCUT2D eigenvalue weighted by Gasteiger charge is 2.20. The lowest BCUT2D eigenvalue weighted by atomic mass is 9.97. The quantitative estimate of drug-likeness (QED) is 0.851. The van der Waals surface area contributed by atoms with Gasteiger partial charge in [0.1, 0.15) is 0 Å². The number of rotatable bonds is 4. The first kappa shape index (κ1) is 13.1. The molecule has 1 aromatic carbocycles. The summed E-state index contributed by atoms with van der Waals surface area (Å²) in [4.78, 5) is 12.0. The summed E-state index contributed by atoms with van der Waals surface area (Å²) < 4.78 is 0. The Morgan fingerprint density at radius 2 is 1.83 bits per heavy atom. The fourth-order valence-electron chi connectivity index (χ4n) is 2.31. The van der Waals surface area contributed by atoms with Gasteiger partial charge >= 0.3 is 0 Å². The SMILES string of the molecule is CCc1ccc(CNC(=O)C2CCNCC2)cc1. The van der Waals surface area contributed by atoms with Crippen molar-refractivity contribution in [3.8, 4) is 0 Å². The molecule has 1 heterocycles. The van der Waals surface area contributed by atoms with Gasteiger partial charge < -0.3 is 10.6 Å². The summed E-state index contributed by atoms with van der Waals surface area (Å²) in [6, 6.07) is 8.46. The second kappa shape index (κ2) is 6.55. The molecule has 3 heteroatoms. The Labute approximate surface area is 109 Å². The fraction of sp³-hybridized carbons (Fsp3) is 0.533. The number of hydrogen-bond acceptors (Lipinski definition) is 2. The number of carbonyl (C=O) groups is 1. The van der Waals surface area contributed by atoms with E-state index < -0.39 is 0 Å². The fourth-order valence-corrected chi connectivity index (χ4v) is 2.31. The molecule has 1 fully saturated rings. The molecule has 18 heavy (non-hydrogen) atoms. The monoisotopic (exact) mass is 246 g/mol. The summed E-state index contributed by atoms with van der Waals surface area (Å²) in [5.41, 5.74) is 2.51. The molecule has 2 rings (SSSR count). The average Bonchev–Trinajstić information content (AvgIpc) is 2.46. The Morgan fingerprint density at radius 1 is 1.22 bits per heavy atom. The van der Waals surface area contributed by atoms with Crippen LogP contribution in [0, 0.1) is 5.92 Å². The highest BCUT2D eigenvalue weighted by Crippen LogP contribution is 2.12. The molecule has 1 aromatic rings. The third kappa shape index (κ3) is 3.57. The normalized spacial score (nSPS) is 16.5. The van der Waals surface area contributed by atoms with Gasteiger partial charge in [-0.15, -0.1) is 0 Å². The van der Waals surface area contributed by atoms with Crippen molar-refractivity contribution in [2.45, 2.75) is 32.7 Å². The Kier molecular flexibility index (Phi) is 4.76. The zero-order chi connectivity index (χ0) is 12.8. The van der Waals surface area contributed by atoms with Gasteiger partial charge in [0.05, 0.1) is 0 Å². The van der Waals surface area contributed by atoms with Gasteiger partial charge in [0, 0.05) is 12.5 Å². The van der Waals surface area contributed by atoms with Crippen molar-refractivity contribution < 1.29 is 4.79 Å². The van der Waals surface area contributed by atoms with Crippen LogP contribution in [0.2, 0.25) is 0 Å². The molecular weight excluding hydrogens is 224 g/mol. The first-order valence-corrected chi connectivity index (χ1v) is 6.86. The van der Waals surface area contributed by atoms with Gasteiger partial charge in [0.25, 0.3) is 0 Å². The Bertz CT molecular complexity index is 380. The first-order chi connectivity index (χ1) is 8.79. The van der Waals surface area contributed by atoms with Crippen LogP contribution in [0.25, 0.3) is 0 Å². The second-order valence-electron chi connectivity index (χ2n) is 4.91. The number of amides is 1. The zero-order valence-electron chi connectivity index (χ0n) is 11.0. The number of carbonyl (C=O) groups excluding carboxylic acids is 1. The minimum absolute atomic E-state index is 0.196. The Balaban J connectivity index is 1.80. The molecular formula is C15H22N2O. The van der Waals surface area contributed by atoms with E-state index in [1.165, 1.54) is 11.1 Å². The lowest BCUT2D eigenvalue weighted by molar-refractivity contribution is -0.125. The zero-order valence-corrected chi connectivity index (χ0v) is 11.0. The minimum Gasteiger partial charge on any atom is -0.352 e. The highest BCUT2D eigenvalue weighted by molar-refractivity contribution is 5.78. The van der Waals surface area contributed by atoms with Gasteiger partial charge in [-0.2, -0.15) is 0 Å². The van der Waals surface area contributed by atoms with Crippen molar-refractivity contribution in [1.29, 1.82) is 0 Å². The summed E-state index contributed by atoms with van der Waals surface area (Å²) in [6.45, 7) is 4.72. The predicted molar refractivity (Wildman–Crippen MR) is 73.3 cm³/mol. The van der Waals surface area contributed by atoms with Crippen molar-refractivity contribution >= 4 is 5.91 Å². The lowest BCUT2D eigenvalue weighted by Gasteiger charge is -2.21. The smallest absolute Gasteiger partial charge is 0.223 e. The van der Waals surface area contributed by atoms with E-state index in [4.69, 9.17) is 0 Å². The van der Waals surface area contributed by atoms with Crippen LogP contribution in [-0.2, 0) is 17.8 Å². The van der Waals surface area contributed by atoms with E-state index in [2.05, 4.69) is 41.8 Å². The molecule has 0 saturated carbocycles. The van der Waals surface area contributed by atoms with Crippen molar-refractivity contribution in [2.75, 3.05) is 13.1 Å². The van der Waals surface area contributed by atoms with Gasteiger partial charge in [0.2, 0.25) is 5.91 Å². The van der Waals surface area contributed by atoms with Crippen LogP contribution in [0.5, 0.6) is 0 Å². The lowest BCUT2D eigenvalue weighted by Crippen LogP contribution is -2.37. The first-order valence-electron chi connectivity index (χ1n) is 6.86. The van der Waals surface area contributed by atoms with Crippen LogP contribution in [0.15, 0.2) is 24.3 Å². The molecule has 0 aromatic heterocycles. The molecule has 0 aliphatic carbocycles. The standard InChI is InChI=1S/C15H22N2O/c1-2-12-3-5-13(6-4-12)11-17-15(18)14-7-9-16-10-8-14/h3-6,14,16H,2,7-11H2,1H3,(H,17,18). The van der Waals surface area contributed by atoms with E-state index >= 15 is 0 Å². The molecule has 1 amide bonds. The van der Waals surface area contributed by atoms with Crippen molar-refractivity contribution in [3.63, 3.8) is 0 Å². The van der Waals surface area contributed by atoms with Crippen LogP contribution in [0.4, 0.5) is 0 Å². The minimum atomic E-state index is 0.196. The maximum absolute atomic E-state index is 12.0. The van der Waals surface area contributed by atoms with E-state index in [0.717, 1.165) is 32.4 Å². The maximum Gasteiger partial charge on any atom is 0.223 e. The van der Waals surface area contributed by atoms with Crippen LogP contribution in [-0.4, -0.2) is 19.0 Å². The van der Waals surface area contributed by atoms with E-state index in [1.54, 1.807) is 0 Å². The molecule has 0 radical (unpaired) electrons. The highest BCUT2D eigenvalue weighted by atomic mass is 16.1. The molecule has 2 N–H and O–H groups in total. The van der Waals surface area contributed by atoms with E-state index in [-0.39, 0.29) is 11.8 Å². The van der Waals surface area contributed by atoms with Crippen LogP contribution >= 0.6 is 0 Å². The summed E-state index contributed by atoms with van der Waals surface area (Å²) in [7, 11) is 0. The van der Waals surface area contributed by atoms with Crippen molar-refractivity contribution in [2.24, 2.45) is 5.92 Å². The summed E-state index contributed by atoms with van der Waals surface area (Å²) in [6.07, 6.45) is 2.98. The van der Waals surface area contributed by atoms with Gasteiger partial charge in [-0.25, -0.2) is 0 Å². The number of piperidine rings is 1. The largest absolute Gasteiger partial charge is 0.352 e. The molecule has 0 bridgehead atoms. The maximum atomic E-state index is 12.0. The topological polar surface area (TPSA) is 41.1 Å². The van der Waals surface area contributed by atoms with Crippen LogP contribution in [0.3, 0.4) is 0 Å². The summed E-state index contributed by atoms with van der Waals surface area (Å²) >= 11 is 0. The van der Waals surface area contributed by atoms with Crippen molar-refractivity contribution in [1.82, 2.24) is 10.6 Å². The van der Waals surface area contributed by atoms with Gasteiger partial charge in [-0.3, -0.25) is 4.79 Å². The summed E-state index contributed by atoms with van der Waals surface area (Å²) in [5, 5.41) is 6.32. The van der Waals surface area contributed by atoms with E-state index in [9.17, 15) is 4.79 Å². The molecule has 0 atom stereocenters. The van der Waals surface area contributed by atoms with Crippen LogP contribution < -0.4 is 10.6 Å². The Hall–Kier alpha value is -1.35. The second-order valence-corrected chi connectivity index (χ2v) is 4.91. The molecule has 1 aliphatic rings. The Morgan fingerprint density at radius 3 is 2.44 bits per heavy atom. The van der Waals surface area contributed by atoms with E-state index in [0.29, 0.717) is 6.54 Å². The average molecular weight is 246 g/mol. The van der Waals surface area contributed by atoms with Crippen molar-refractivity contribution in [3.05, 3.63) is 35.4 Å². The van der Waals surface area contributed by atoms with Crippen LogP contribution in [0.1, 0.15) is 30.9 Å².